The Morgan fingerprint density at radius 1 is 1.22 bits per heavy atom. The van der Waals surface area contributed by atoms with E-state index in [0.717, 1.165) is 18.8 Å². The van der Waals surface area contributed by atoms with Crippen molar-refractivity contribution in [3.8, 4) is 0 Å². The van der Waals surface area contributed by atoms with Crippen LogP contribution in [0.2, 0.25) is 0 Å². The summed E-state index contributed by atoms with van der Waals surface area (Å²) in [5, 5.41) is 0. The van der Waals surface area contributed by atoms with Gasteiger partial charge >= 0.3 is 0 Å². The minimum Gasteiger partial charge on any atom is -0.397 e. The molecule has 0 amide bonds. The lowest BCUT2D eigenvalue weighted by atomic mass is 10.1. The first kappa shape index (κ1) is 11.0. The van der Waals surface area contributed by atoms with E-state index in [1.165, 1.54) is 12.0 Å². The average Bonchev–Trinajstić information content (AvgIpc) is 2.90. The molecule has 1 fully saturated rings. The van der Waals surface area contributed by atoms with E-state index in [2.05, 4.69) is 20.9 Å². The monoisotopic (exact) mass is 240 g/mol. The molecule has 2 N–H and O–H groups in total. The zero-order valence-electron chi connectivity index (χ0n) is 10.2. The van der Waals surface area contributed by atoms with Crippen LogP contribution in [0.25, 0.3) is 0 Å². The van der Waals surface area contributed by atoms with Gasteiger partial charge < -0.3 is 10.6 Å². The molecule has 3 heterocycles. The van der Waals surface area contributed by atoms with E-state index in [0.29, 0.717) is 11.7 Å². The van der Waals surface area contributed by atoms with Crippen LogP contribution in [-0.4, -0.2) is 16.5 Å². The summed E-state index contributed by atoms with van der Waals surface area (Å²) in [5.74, 6) is 0.996. The highest BCUT2D eigenvalue weighted by Gasteiger charge is 2.26. The lowest BCUT2D eigenvalue weighted by Crippen LogP contribution is -2.23. The van der Waals surface area contributed by atoms with Crippen LogP contribution in [0.5, 0.6) is 0 Å². The Labute approximate surface area is 106 Å². The van der Waals surface area contributed by atoms with Crippen molar-refractivity contribution in [3.63, 3.8) is 0 Å². The highest BCUT2D eigenvalue weighted by molar-refractivity contribution is 5.48. The first-order valence-electron chi connectivity index (χ1n) is 6.23. The maximum atomic E-state index is 5.68. The van der Waals surface area contributed by atoms with Gasteiger partial charge in [-0.15, -0.1) is 0 Å². The Morgan fingerprint density at radius 3 is 2.89 bits per heavy atom. The molecule has 2 aromatic rings. The number of hydrogen-bond acceptors (Lipinski definition) is 4. The number of aromatic nitrogens is 2. The molecular formula is C14H16N4. The van der Waals surface area contributed by atoms with E-state index < -0.39 is 0 Å². The van der Waals surface area contributed by atoms with Gasteiger partial charge in [0.1, 0.15) is 5.82 Å². The van der Waals surface area contributed by atoms with Crippen LogP contribution < -0.4 is 10.6 Å². The van der Waals surface area contributed by atoms with Gasteiger partial charge in [-0.2, -0.15) is 0 Å². The number of nitrogens with two attached hydrogens (primary N) is 1. The van der Waals surface area contributed by atoms with Crippen molar-refractivity contribution < 1.29 is 0 Å². The maximum Gasteiger partial charge on any atom is 0.129 e. The summed E-state index contributed by atoms with van der Waals surface area (Å²) in [6.07, 6.45) is 7.81. The summed E-state index contributed by atoms with van der Waals surface area (Å²) in [6, 6.07) is 8.40. The van der Waals surface area contributed by atoms with Crippen molar-refractivity contribution in [3.05, 3.63) is 48.4 Å². The van der Waals surface area contributed by atoms with Gasteiger partial charge in [0.05, 0.1) is 17.9 Å². The number of pyridine rings is 2. The second kappa shape index (κ2) is 4.64. The molecule has 1 aliphatic rings. The molecule has 0 bridgehead atoms. The minimum atomic E-state index is 0.384. The predicted molar refractivity (Wildman–Crippen MR) is 72.2 cm³/mol. The van der Waals surface area contributed by atoms with Gasteiger partial charge in [0.25, 0.3) is 0 Å². The topological polar surface area (TPSA) is 55.0 Å². The minimum absolute atomic E-state index is 0.384. The molecule has 1 unspecified atom stereocenters. The molecule has 0 aliphatic carbocycles. The van der Waals surface area contributed by atoms with E-state index in [1.807, 2.05) is 30.6 Å². The highest BCUT2D eigenvalue weighted by atomic mass is 15.2. The SMILES string of the molecule is Nc1ccc(N2CCCC2c2cccnc2)nc1. The number of nitrogen functional groups attached to an aromatic ring is 1. The second-order valence-electron chi connectivity index (χ2n) is 4.59. The fraction of sp³-hybridized carbons (Fsp3) is 0.286. The molecule has 0 radical (unpaired) electrons. The maximum absolute atomic E-state index is 5.68. The Morgan fingerprint density at radius 2 is 2.17 bits per heavy atom. The molecule has 0 saturated carbocycles. The van der Waals surface area contributed by atoms with Gasteiger partial charge in [-0.25, -0.2) is 4.98 Å². The van der Waals surface area contributed by atoms with E-state index >= 15 is 0 Å². The third-order valence-corrected chi connectivity index (χ3v) is 3.39. The number of rotatable bonds is 2. The molecule has 1 saturated heterocycles. The van der Waals surface area contributed by atoms with Crippen LogP contribution in [0.1, 0.15) is 24.4 Å². The normalized spacial score (nSPS) is 19.1. The molecule has 0 aromatic carbocycles. The van der Waals surface area contributed by atoms with Gasteiger partial charge in [-0.05, 0) is 36.6 Å². The van der Waals surface area contributed by atoms with Gasteiger partial charge in [0.15, 0.2) is 0 Å². The zero-order valence-corrected chi connectivity index (χ0v) is 10.2. The molecule has 3 rings (SSSR count). The highest BCUT2D eigenvalue weighted by Crippen LogP contribution is 2.34. The zero-order chi connectivity index (χ0) is 12.4. The van der Waals surface area contributed by atoms with Crippen LogP contribution in [-0.2, 0) is 0 Å². The lowest BCUT2D eigenvalue weighted by Gasteiger charge is -2.25. The first-order chi connectivity index (χ1) is 8.84. The molecule has 1 atom stereocenters. The third kappa shape index (κ3) is 2.01. The third-order valence-electron chi connectivity index (χ3n) is 3.39. The van der Waals surface area contributed by atoms with Crippen molar-refractivity contribution in [2.45, 2.75) is 18.9 Å². The Bertz CT molecular complexity index is 509. The average molecular weight is 240 g/mol. The van der Waals surface area contributed by atoms with E-state index in [-0.39, 0.29) is 0 Å². The van der Waals surface area contributed by atoms with E-state index in [1.54, 1.807) is 6.20 Å². The smallest absolute Gasteiger partial charge is 0.129 e. The van der Waals surface area contributed by atoms with Crippen LogP contribution in [0.15, 0.2) is 42.9 Å². The summed E-state index contributed by atoms with van der Waals surface area (Å²) in [4.78, 5) is 11.0. The van der Waals surface area contributed by atoms with Crippen molar-refractivity contribution in [2.75, 3.05) is 17.2 Å². The van der Waals surface area contributed by atoms with E-state index in [4.69, 9.17) is 5.73 Å². The van der Waals surface area contributed by atoms with Crippen LogP contribution >= 0.6 is 0 Å². The fourth-order valence-electron chi connectivity index (χ4n) is 2.53. The van der Waals surface area contributed by atoms with Gasteiger partial charge in [-0.3, -0.25) is 4.98 Å². The van der Waals surface area contributed by atoms with Crippen molar-refractivity contribution in [2.24, 2.45) is 0 Å². The first-order valence-corrected chi connectivity index (χ1v) is 6.23. The predicted octanol–water partition coefficient (Wildman–Crippen LogP) is 2.40. The standard InChI is InChI=1S/C14H16N4/c15-12-5-6-14(17-10-12)18-8-2-4-13(18)11-3-1-7-16-9-11/h1,3,5-7,9-10,13H,2,4,8,15H2. The quantitative estimate of drug-likeness (QED) is 0.875. The van der Waals surface area contributed by atoms with Crippen LogP contribution in [0.3, 0.4) is 0 Å². The second-order valence-corrected chi connectivity index (χ2v) is 4.59. The number of hydrogen-bond donors (Lipinski definition) is 1. The molecule has 4 nitrogen and oxygen atoms in total. The largest absolute Gasteiger partial charge is 0.397 e. The summed E-state index contributed by atoms with van der Waals surface area (Å²) in [7, 11) is 0. The van der Waals surface area contributed by atoms with Gasteiger partial charge in [-0.1, -0.05) is 6.07 Å². The fourth-order valence-corrected chi connectivity index (χ4v) is 2.53. The van der Waals surface area contributed by atoms with E-state index in [9.17, 15) is 0 Å². The van der Waals surface area contributed by atoms with Crippen LogP contribution in [0.4, 0.5) is 11.5 Å². The lowest BCUT2D eigenvalue weighted by molar-refractivity contribution is 0.708. The molecule has 18 heavy (non-hydrogen) atoms. The molecular weight excluding hydrogens is 224 g/mol. The van der Waals surface area contributed by atoms with Gasteiger partial charge in [0.2, 0.25) is 0 Å². The molecule has 4 heteroatoms. The molecule has 92 valence electrons. The Balaban J connectivity index is 1.90. The summed E-state index contributed by atoms with van der Waals surface area (Å²) < 4.78 is 0. The Hall–Kier alpha value is -2.10. The van der Waals surface area contributed by atoms with Crippen molar-refractivity contribution >= 4 is 11.5 Å². The van der Waals surface area contributed by atoms with Gasteiger partial charge in [0, 0.05) is 18.9 Å². The van der Waals surface area contributed by atoms with Crippen molar-refractivity contribution in [1.82, 2.24) is 9.97 Å². The number of anilines is 2. The number of nitrogens with zero attached hydrogens (tertiary/aromatic N) is 3. The molecule has 2 aromatic heterocycles. The molecule has 1 aliphatic heterocycles. The summed E-state index contributed by atoms with van der Waals surface area (Å²) >= 11 is 0. The summed E-state index contributed by atoms with van der Waals surface area (Å²) in [5.41, 5.74) is 7.64. The summed E-state index contributed by atoms with van der Waals surface area (Å²) in [6.45, 7) is 1.04. The molecule has 0 spiro atoms. The van der Waals surface area contributed by atoms with Crippen LogP contribution in [0, 0.1) is 0 Å². The van der Waals surface area contributed by atoms with Crippen molar-refractivity contribution in [1.29, 1.82) is 0 Å². The Kier molecular flexibility index (Phi) is 2.84.